The Bertz CT molecular complexity index is 1350. The second-order valence-corrected chi connectivity index (χ2v) is 10.8. The Morgan fingerprint density at radius 1 is 1.19 bits per heavy atom. The predicted octanol–water partition coefficient (Wildman–Crippen LogP) is 4.25. The number of fused-ring (bicyclic) bond motifs is 1. The summed E-state index contributed by atoms with van der Waals surface area (Å²) in [6, 6.07) is 11.0. The number of sulfonamides is 1. The predicted molar refractivity (Wildman–Crippen MR) is 137 cm³/mol. The highest BCUT2D eigenvalue weighted by Gasteiger charge is 2.38. The van der Waals surface area contributed by atoms with Gasteiger partial charge in [-0.1, -0.05) is 15.9 Å². The molecule has 0 spiro atoms. The van der Waals surface area contributed by atoms with Gasteiger partial charge < -0.3 is 25.3 Å². The molecular formula is C23H27BrF3N3O6S. The number of rotatable bonds is 9. The van der Waals surface area contributed by atoms with E-state index in [-0.39, 0.29) is 0 Å². The van der Waals surface area contributed by atoms with Gasteiger partial charge in [-0.3, -0.25) is 4.72 Å². The van der Waals surface area contributed by atoms with E-state index in [2.05, 4.69) is 50.9 Å². The molecule has 3 rings (SSSR count). The van der Waals surface area contributed by atoms with Crippen LogP contribution in [0.4, 0.5) is 18.9 Å². The van der Waals surface area contributed by atoms with Gasteiger partial charge in [-0.15, -0.1) is 0 Å². The Morgan fingerprint density at radius 2 is 1.84 bits per heavy atom. The molecule has 0 bridgehead atoms. The third-order valence-corrected chi connectivity index (χ3v) is 6.08. The van der Waals surface area contributed by atoms with Crippen molar-refractivity contribution in [1.29, 1.82) is 0 Å². The van der Waals surface area contributed by atoms with Crippen molar-refractivity contribution in [3.05, 3.63) is 57.7 Å². The van der Waals surface area contributed by atoms with Gasteiger partial charge in [0.15, 0.2) is 0 Å². The molecule has 204 valence electrons. The van der Waals surface area contributed by atoms with Crippen LogP contribution in [-0.2, 0) is 14.8 Å². The highest BCUT2D eigenvalue weighted by atomic mass is 79.9. The summed E-state index contributed by atoms with van der Waals surface area (Å²) in [5.41, 5.74) is 4.45. The molecule has 0 aliphatic rings. The summed E-state index contributed by atoms with van der Waals surface area (Å²) >= 11 is 3.34. The Morgan fingerprint density at radius 3 is 2.43 bits per heavy atom. The van der Waals surface area contributed by atoms with Gasteiger partial charge in [-0.05, 0) is 55.3 Å². The minimum absolute atomic E-state index is 0.312. The molecule has 1 unspecified atom stereocenters. The molecule has 0 radical (unpaired) electrons. The van der Waals surface area contributed by atoms with Crippen LogP contribution in [0.15, 0.2) is 40.9 Å². The van der Waals surface area contributed by atoms with Crippen LogP contribution in [0.5, 0.6) is 5.75 Å². The van der Waals surface area contributed by atoms with E-state index in [0.717, 1.165) is 23.2 Å². The molecule has 0 amide bonds. The van der Waals surface area contributed by atoms with Gasteiger partial charge in [0.25, 0.3) is 0 Å². The lowest BCUT2D eigenvalue weighted by Crippen LogP contribution is -2.26. The molecule has 2 aromatic carbocycles. The van der Waals surface area contributed by atoms with Crippen LogP contribution in [0, 0.1) is 13.8 Å². The zero-order valence-electron chi connectivity index (χ0n) is 20.1. The molecule has 0 saturated carbocycles. The number of hydrogen-bond donors (Lipinski definition) is 5. The van der Waals surface area contributed by atoms with E-state index in [0.29, 0.717) is 35.4 Å². The number of nitrogens with one attached hydrogen (secondary N) is 3. The molecule has 1 atom stereocenters. The number of halogens is 4. The van der Waals surface area contributed by atoms with Crippen molar-refractivity contribution >= 4 is 48.5 Å². The topological polar surface area (TPSA) is 141 Å². The average Bonchev–Trinajstić information content (AvgIpc) is 3.04. The van der Waals surface area contributed by atoms with E-state index >= 15 is 0 Å². The molecule has 3 aromatic rings. The second-order valence-electron chi connectivity index (χ2n) is 8.10. The lowest BCUT2D eigenvalue weighted by atomic mass is 10.1. The summed E-state index contributed by atoms with van der Waals surface area (Å²) in [5.74, 6) is -1.97. The first-order chi connectivity index (χ1) is 17.1. The molecule has 0 saturated heterocycles. The van der Waals surface area contributed by atoms with Gasteiger partial charge in [0.1, 0.15) is 12.4 Å². The Labute approximate surface area is 220 Å². The fourth-order valence-electron chi connectivity index (χ4n) is 3.22. The number of ether oxygens (including phenoxy) is 1. The summed E-state index contributed by atoms with van der Waals surface area (Å²) in [6.45, 7) is 5.47. The lowest BCUT2D eigenvalue weighted by molar-refractivity contribution is -0.192. The molecule has 9 nitrogen and oxygen atoms in total. The van der Waals surface area contributed by atoms with E-state index in [4.69, 9.17) is 14.6 Å². The number of aromatic nitrogens is 1. The smallest absolute Gasteiger partial charge is 0.490 e. The van der Waals surface area contributed by atoms with Crippen molar-refractivity contribution in [1.82, 2.24) is 10.3 Å². The quantitative estimate of drug-likeness (QED) is 0.228. The minimum Gasteiger partial charge on any atom is -0.492 e. The summed E-state index contributed by atoms with van der Waals surface area (Å²) in [4.78, 5) is 12.2. The molecular weight excluding hydrogens is 583 g/mol. The number of aromatic amines is 1. The Kier molecular flexibility index (Phi) is 10.4. The molecule has 0 aliphatic heterocycles. The van der Waals surface area contributed by atoms with Gasteiger partial charge in [0.2, 0.25) is 10.0 Å². The maximum Gasteiger partial charge on any atom is 0.490 e. The largest absolute Gasteiger partial charge is 0.492 e. The first-order valence-corrected chi connectivity index (χ1v) is 13.4. The van der Waals surface area contributed by atoms with Gasteiger partial charge >= 0.3 is 12.1 Å². The van der Waals surface area contributed by atoms with Crippen molar-refractivity contribution < 1.29 is 41.3 Å². The number of carboxylic acid groups (broad SMARTS) is 1. The molecule has 14 heteroatoms. The standard InChI is InChI=1S/C21H26BrN3O4S.C2HF3O2/c1-13-14(2)24-20-11-18(4-5-19(13)20)29-7-6-23-12-21(26)15-8-16(22)10-17(9-15)25-30(3,27)28;3-2(4,5)1(6)7/h4-5,8-11,21,23-26H,6-7,12H2,1-3H3;(H,6,7). The summed E-state index contributed by atoms with van der Waals surface area (Å²) in [5, 5.41) is 21.9. The molecule has 0 fully saturated rings. The van der Waals surface area contributed by atoms with Crippen molar-refractivity contribution in [2.75, 3.05) is 30.7 Å². The molecule has 1 heterocycles. The normalized spacial score (nSPS) is 12.5. The number of aryl methyl sites for hydroxylation is 2. The highest BCUT2D eigenvalue weighted by molar-refractivity contribution is 9.10. The second kappa shape index (κ2) is 12.6. The van der Waals surface area contributed by atoms with Crippen LogP contribution in [0.1, 0.15) is 22.9 Å². The lowest BCUT2D eigenvalue weighted by Gasteiger charge is -2.15. The number of aliphatic hydroxyl groups excluding tert-OH is 1. The van der Waals surface area contributed by atoms with Crippen LogP contribution in [-0.4, -0.2) is 61.7 Å². The molecule has 1 aromatic heterocycles. The fraction of sp³-hybridized carbons (Fsp3) is 0.348. The van der Waals surface area contributed by atoms with Crippen LogP contribution in [0.25, 0.3) is 10.9 Å². The van der Waals surface area contributed by atoms with Gasteiger partial charge in [0, 0.05) is 45.9 Å². The number of anilines is 1. The summed E-state index contributed by atoms with van der Waals surface area (Å²) in [7, 11) is -3.39. The van der Waals surface area contributed by atoms with E-state index < -0.39 is 28.3 Å². The molecule has 5 N–H and O–H groups in total. The number of carboxylic acids is 1. The number of aliphatic hydroxyl groups is 1. The SMILES string of the molecule is Cc1[nH]c2cc(OCCNCC(O)c3cc(Br)cc(NS(C)(=O)=O)c3)ccc2c1C.O=C(O)C(F)(F)F. The van der Waals surface area contributed by atoms with Crippen LogP contribution >= 0.6 is 15.9 Å². The third kappa shape index (κ3) is 9.87. The van der Waals surface area contributed by atoms with Gasteiger partial charge in [0.05, 0.1) is 12.4 Å². The van der Waals surface area contributed by atoms with Gasteiger partial charge in [-0.25, -0.2) is 13.2 Å². The Balaban J connectivity index is 0.000000604. The fourth-order valence-corrected chi connectivity index (χ4v) is 4.27. The molecule has 37 heavy (non-hydrogen) atoms. The average molecular weight is 610 g/mol. The van der Waals surface area contributed by atoms with Crippen LogP contribution in [0.3, 0.4) is 0 Å². The van der Waals surface area contributed by atoms with Gasteiger partial charge in [-0.2, -0.15) is 13.2 Å². The van der Waals surface area contributed by atoms with E-state index in [9.17, 15) is 26.7 Å². The number of alkyl halides is 3. The number of aliphatic carboxylic acids is 1. The van der Waals surface area contributed by atoms with Crippen molar-refractivity contribution in [3.63, 3.8) is 0 Å². The Hall–Kier alpha value is -2.81. The highest BCUT2D eigenvalue weighted by Crippen LogP contribution is 2.26. The summed E-state index contributed by atoms with van der Waals surface area (Å²) < 4.78 is 63.5. The number of benzene rings is 2. The van der Waals surface area contributed by atoms with Crippen molar-refractivity contribution in [2.45, 2.75) is 26.1 Å². The number of hydrogen-bond acceptors (Lipinski definition) is 6. The first-order valence-electron chi connectivity index (χ1n) is 10.8. The first kappa shape index (κ1) is 30.4. The molecule has 0 aliphatic carbocycles. The van der Waals surface area contributed by atoms with Crippen molar-refractivity contribution in [3.8, 4) is 5.75 Å². The zero-order valence-corrected chi connectivity index (χ0v) is 22.5. The number of H-pyrrole nitrogens is 1. The maximum absolute atomic E-state index is 11.4. The maximum atomic E-state index is 11.4. The van der Waals surface area contributed by atoms with Crippen LogP contribution in [0.2, 0.25) is 0 Å². The zero-order chi connectivity index (χ0) is 28.0. The third-order valence-electron chi connectivity index (χ3n) is 5.02. The minimum atomic E-state index is -5.08. The summed E-state index contributed by atoms with van der Waals surface area (Å²) in [6.07, 6.45) is -4.79. The number of carbonyl (C=O) groups is 1. The van der Waals surface area contributed by atoms with Crippen LogP contribution < -0.4 is 14.8 Å². The van der Waals surface area contributed by atoms with E-state index in [1.54, 1.807) is 18.2 Å². The van der Waals surface area contributed by atoms with E-state index in [1.807, 2.05) is 12.1 Å². The van der Waals surface area contributed by atoms with E-state index in [1.165, 1.54) is 10.9 Å². The van der Waals surface area contributed by atoms with Crippen molar-refractivity contribution in [2.24, 2.45) is 0 Å². The monoisotopic (exact) mass is 609 g/mol.